The lowest BCUT2D eigenvalue weighted by molar-refractivity contribution is 0.0974. The second-order valence-corrected chi connectivity index (χ2v) is 9.63. The lowest BCUT2D eigenvalue weighted by Crippen LogP contribution is -2.38. The Balaban J connectivity index is 1.63. The molecule has 1 amide bonds. The molecular formula is C21H24FN3O3S2. The topological polar surface area (TPSA) is 78.5 Å². The molecule has 0 aromatic heterocycles. The lowest BCUT2D eigenvalue weighted by atomic mass is 9.96. The van der Waals surface area contributed by atoms with Gasteiger partial charge in [-0.1, -0.05) is 31.4 Å². The van der Waals surface area contributed by atoms with Gasteiger partial charge in [0, 0.05) is 18.8 Å². The summed E-state index contributed by atoms with van der Waals surface area (Å²) in [7, 11) is -1.95. The van der Waals surface area contributed by atoms with Crippen molar-refractivity contribution in [3.05, 3.63) is 59.9 Å². The second-order valence-electron chi connectivity index (χ2n) is 7.23. The smallest absolute Gasteiger partial charge is 0.260 e. The molecule has 2 N–H and O–H groups in total. The fourth-order valence-corrected chi connectivity index (χ4v) is 5.12. The third-order valence-corrected chi connectivity index (χ3v) is 7.35. The van der Waals surface area contributed by atoms with Gasteiger partial charge in [0.2, 0.25) is 10.0 Å². The molecule has 0 heterocycles. The van der Waals surface area contributed by atoms with E-state index in [0.717, 1.165) is 32.1 Å². The fraction of sp³-hybridized carbons (Fsp3) is 0.333. The largest absolute Gasteiger partial charge is 0.332 e. The van der Waals surface area contributed by atoms with Gasteiger partial charge < -0.3 is 5.32 Å². The van der Waals surface area contributed by atoms with E-state index >= 15 is 0 Å². The number of rotatable bonds is 5. The average molecular weight is 450 g/mol. The van der Waals surface area contributed by atoms with E-state index in [1.807, 2.05) is 0 Å². The predicted molar refractivity (Wildman–Crippen MR) is 118 cm³/mol. The summed E-state index contributed by atoms with van der Waals surface area (Å²) in [5.41, 5.74) is 0.391. The Morgan fingerprint density at radius 1 is 1.07 bits per heavy atom. The summed E-state index contributed by atoms with van der Waals surface area (Å²) in [4.78, 5) is 12.3. The Morgan fingerprint density at radius 2 is 1.70 bits per heavy atom. The van der Waals surface area contributed by atoms with Gasteiger partial charge in [-0.05, 0) is 61.5 Å². The highest BCUT2D eigenvalue weighted by atomic mass is 32.2. The van der Waals surface area contributed by atoms with E-state index < -0.39 is 21.7 Å². The SMILES string of the molecule is CN(C1CCCCC1)S(=O)(=O)c1ccc(NC(=S)NC(=O)c2ccccc2F)cc1. The van der Waals surface area contributed by atoms with Crippen LogP contribution in [-0.4, -0.2) is 36.8 Å². The minimum atomic E-state index is -3.58. The number of benzene rings is 2. The zero-order valence-corrected chi connectivity index (χ0v) is 18.2. The molecule has 160 valence electrons. The number of halogens is 1. The summed E-state index contributed by atoms with van der Waals surface area (Å²) < 4.78 is 40.9. The van der Waals surface area contributed by atoms with Gasteiger partial charge in [0.05, 0.1) is 10.5 Å². The van der Waals surface area contributed by atoms with Crippen LogP contribution in [0.4, 0.5) is 10.1 Å². The number of hydrogen-bond donors (Lipinski definition) is 2. The summed E-state index contributed by atoms with van der Waals surface area (Å²) in [6.45, 7) is 0. The average Bonchev–Trinajstić information content (AvgIpc) is 2.74. The highest BCUT2D eigenvalue weighted by Gasteiger charge is 2.28. The van der Waals surface area contributed by atoms with Gasteiger partial charge in [0.15, 0.2) is 5.11 Å². The van der Waals surface area contributed by atoms with E-state index in [-0.39, 0.29) is 21.6 Å². The first-order chi connectivity index (χ1) is 14.3. The van der Waals surface area contributed by atoms with Gasteiger partial charge in [0.1, 0.15) is 5.82 Å². The van der Waals surface area contributed by atoms with Crippen LogP contribution in [0.15, 0.2) is 53.4 Å². The third-order valence-electron chi connectivity index (χ3n) is 5.22. The first kappa shape index (κ1) is 22.3. The number of carbonyl (C=O) groups is 1. The molecule has 0 atom stereocenters. The van der Waals surface area contributed by atoms with Crippen LogP contribution in [0.1, 0.15) is 42.5 Å². The van der Waals surface area contributed by atoms with Gasteiger partial charge in [-0.15, -0.1) is 0 Å². The predicted octanol–water partition coefficient (Wildman–Crippen LogP) is 3.91. The molecule has 1 aliphatic rings. The normalized spacial score (nSPS) is 15.0. The summed E-state index contributed by atoms with van der Waals surface area (Å²) in [6, 6.07) is 11.8. The zero-order valence-electron chi connectivity index (χ0n) is 16.6. The molecule has 0 saturated heterocycles. The summed E-state index contributed by atoms with van der Waals surface area (Å²) in [5, 5.41) is 5.19. The Morgan fingerprint density at radius 3 is 2.33 bits per heavy atom. The number of amides is 1. The Bertz CT molecular complexity index is 1020. The number of anilines is 1. The highest BCUT2D eigenvalue weighted by Crippen LogP contribution is 2.27. The van der Waals surface area contributed by atoms with E-state index in [2.05, 4.69) is 10.6 Å². The molecule has 0 bridgehead atoms. The highest BCUT2D eigenvalue weighted by molar-refractivity contribution is 7.89. The van der Waals surface area contributed by atoms with Gasteiger partial charge >= 0.3 is 0 Å². The molecule has 0 aliphatic heterocycles. The number of sulfonamides is 1. The number of carbonyl (C=O) groups excluding carboxylic acids is 1. The van der Waals surface area contributed by atoms with Crippen molar-refractivity contribution in [3.8, 4) is 0 Å². The van der Waals surface area contributed by atoms with E-state index in [0.29, 0.717) is 5.69 Å². The van der Waals surface area contributed by atoms with Crippen molar-refractivity contribution in [1.82, 2.24) is 9.62 Å². The van der Waals surface area contributed by atoms with Crippen LogP contribution < -0.4 is 10.6 Å². The summed E-state index contributed by atoms with van der Waals surface area (Å²) in [6.07, 6.45) is 5.00. The van der Waals surface area contributed by atoms with E-state index in [1.54, 1.807) is 25.2 Å². The molecule has 1 saturated carbocycles. The summed E-state index contributed by atoms with van der Waals surface area (Å²) in [5.74, 6) is -1.31. The maximum absolute atomic E-state index is 13.7. The minimum absolute atomic E-state index is 0.0156. The van der Waals surface area contributed by atoms with Crippen molar-refractivity contribution < 1.29 is 17.6 Å². The van der Waals surface area contributed by atoms with Crippen LogP contribution in [-0.2, 0) is 10.0 Å². The molecule has 9 heteroatoms. The van der Waals surface area contributed by atoms with Crippen molar-refractivity contribution in [3.63, 3.8) is 0 Å². The molecule has 30 heavy (non-hydrogen) atoms. The molecule has 6 nitrogen and oxygen atoms in total. The van der Waals surface area contributed by atoms with Crippen LogP contribution >= 0.6 is 12.2 Å². The standard InChI is InChI=1S/C21H24FN3O3S2/c1-25(16-7-3-2-4-8-16)30(27,28)17-13-11-15(12-14-17)23-21(29)24-20(26)18-9-5-6-10-19(18)22/h5-6,9-14,16H,2-4,7-8H2,1H3,(H2,23,24,26,29). The second kappa shape index (κ2) is 9.63. The van der Waals surface area contributed by atoms with E-state index in [9.17, 15) is 17.6 Å². The van der Waals surface area contributed by atoms with Crippen LogP contribution in [0.3, 0.4) is 0 Å². The van der Waals surface area contributed by atoms with Gasteiger partial charge in [0.25, 0.3) is 5.91 Å². The van der Waals surface area contributed by atoms with Crippen molar-refractivity contribution in [2.45, 2.75) is 43.0 Å². The van der Waals surface area contributed by atoms with Crippen molar-refractivity contribution in [2.24, 2.45) is 0 Å². The molecule has 1 aliphatic carbocycles. The first-order valence-electron chi connectivity index (χ1n) is 9.74. The van der Waals surface area contributed by atoms with Crippen molar-refractivity contribution in [1.29, 1.82) is 0 Å². The van der Waals surface area contributed by atoms with Gasteiger partial charge in [-0.2, -0.15) is 4.31 Å². The van der Waals surface area contributed by atoms with Crippen LogP contribution in [0.2, 0.25) is 0 Å². The molecule has 0 radical (unpaired) electrons. The molecule has 0 unspecified atom stereocenters. The maximum atomic E-state index is 13.7. The van der Waals surface area contributed by atoms with E-state index in [1.165, 1.54) is 34.6 Å². The van der Waals surface area contributed by atoms with Crippen LogP contribution in [0, 0.1) is 5.82 Å². The summed E-state index contributed by atoms with van der Waals surface area (Å²) >= 11 is 5.10. The number of nitrogens with zero attached hydrogens (tertiary/aromatic N) is 1. The quantitative estimate of drug-likeness (QED) is 0.677. The number of thiocarbonyl (C=S) groups is 1. The third kappa shape index (κ3) is 5.21. The van der Waals surface area contributed by atoms with Crippen molar-refractivity contribution in [2.75, 3.05) is 12.4 Å². The van der Waals surface area contributed by atoms with Crippen LogP contribution in [0.5, 0.6) is 0 Å². The zero-order chi connectivity index (χ0) is 21.7. The molecule has 0 spiro atoms. The van der Waals surface area contributed by atoms with Gasteiger partial charge in [-0.3, -0.25) is 10.1 Å². The Kier molecular flexibility index (Phi) is 7.17. The monoisotopic (exact) mass is 449 g/mol. The maximum Gasteiger partial charge on any atom is 0.260 e. The molecular weight excluding hydrogens is 425 g/mol. The fourth-order valence-electron chi connectivity index (χ4n) is 3.50. The molecule has 2 aromatic carbocycles. The Labute approximate surface area is 181 Å². The molecule has 2 aromatic rings. The number of nitrogens with one attached hydrogen (secondary N) is 2. The van der Waals surface area contributed by atoms with E-state index in [4.69, 9.17) is 12.2 Å². The number of hydrogen-bond acceptors (Lipinski definition) is 4. The van der Waals surface area contributed by atoms with Crippen molar-refractivity contribution >= 4 is 38.9 Å². The minimum Gasteiger partial charge on any atom is -0.332 e. The molecule has 3 rings (SSSR count). The first-order valence-corrected chi connectivity index (χ1v) is 11.6. The molecule has 1 fully saturated rings. The Hall–Kier alpha value is -2.36. The van der Waals surface area contributed by atoms with Crippen LogP contribution in [0.25, 0.3) is 0 Å². The lowest BCUT2D eigenvalue weighted by Gasteiger charge is -2.30. The van der Waals surface area contributed by atoms with Gasteiger partial charge in [-0.25, -0.2) is 12.8 Å².